The van der Waals surface area contributed by atoms with E-state index in [1.54, 1.807) is 0 Å². The lowest BCUT2D eigenvalue weighted by molar-refractivity contribution is -0.153. The zero-order valence-corrected chi connectivity index (χ0v) is 5.78. The first-order valence-corrected chi connectivity index (χ1v) is 2.71. The molecule has 0 aliphatic carbocycles. The molecule has 2 atom stereocenters. The Labute approximate surface area is 61.9 Å². The molecule has 0 unspecified atom stereocenters. The second-order valence-electron chi connectivity index (χ2n) is 1.79. The molecule has 0 saturated carbocycles. The third-order valence-corrected chi connectivity index (χ3v) is 1.03. The van der Waals surface area contributed by atoms with Gasteiger partial charge in [0.15, 0.2) is 0 Å². The molecule has 11 heavy (non-hydrogen) atoms. The number of halogens is 1. The van der Waals surface area contributed by atoms with Gasteiger partial charge in [-0.05, 0) is 0 Å². The molecule has 0 fully saturated rings. The molecule has 0 aromatic heterocycles. The van der Waals surface area contributed by atoms with Gasteiger partial charge in [-0.2, -0.15) is 0 Å². The number of methoxy groups -OCH3 is 1. The predicted octanol–water partition coefficient (Wildman–Crippen LogP) is -1.09. The van der Waals surface area contributed by atoms with Gasteiger partial charge in [0, 0.05) is 0 Å². The Morgan fingerprint density at radius 2 is 2.09 bits per heavy atom. The second-order valence-corrected chi connectivity index (χ2v) is 1.79. The lowest BCUT2D eigenvalue weighted by Gasteiger charge is -2.08. The van der Waals surface area contributed by atoms with Gasteiger partial charge in [-0.1, -0.05) is 0 Å². The van der Waals surface area contributed by atoms with Crippen LogP contribution in [0.3, 0.4) is 0 Å². The number of aliphatic carboxylic acids is 1. The lowest BCUT2D eigenvalue weighted by atomic mass is 10.2. The van der Waals surface area contributed by atoms with Crippen molar-refractivity contribution in [3.05, 3.63) is 0 Å². The van der Waals surface area contributed by atoms with E-state index in [4.69, 9.17) is 10.8 Å². The number of esters is 1. The number of carbonyl (C=O) groups excluding carboxylic acids is 1. The summed E-state index contributed by atoms with van der Waals surface area (Å²) < 4.78 is 16.4. The molecule has 0 aliphatic rings. The van der Waals surface area contributed by atoms with Crippen molar-refractivity contribution in [2.75, 3.05) is 7.11 Å². The Bertz CT molecular complexity index is 172. The Hall–Kier alpha value is -1.17. The van der Waals surface area contributed by atoms with Crippen molar-refractivity contribution in [1.29, 1.82) is 0 Å². The van der Waals surface area contributed by atoms with E-state index in [9.17, 15) is 14.0 Å². The van der Waals surface area contributed by atoms with Crippen LogP contribution >= 0.6 is 0 Å². The summed E-state index contributed by atoms with van der Waals surface area (Å²) in [7, 11) is 0.948. The highest BCUT2D eigenvalue weighted by molar-refractivity contribution is 5.84. The van der Waals surface area contributed by atoms with E-state index in [1.807, 2.05) is 0 Å². The van der Waals surface area contributed by atoms with Crippen molar-refractivity contribution in [3.63, 3.8) is 0 Å². The first-order valence-electron chi connectivity index (χ1n) is 2.71. The summed E-state index contributed by atoms with van der Waals surface area (Å²) in [6, 6.07) is -1.86. The van der Waals surface area contributed by atoms with Crippen LogP contribution in [0.1, 0.15) is 0 Å². The third-order valence-electron chi connectivity index (χ3n) is 1.03. The predicted molar refractivity (Wildman–Crippen MR) is 32.5 cm³/mol. The average Bonchev–Trinajstić information content (AvgIpc) is 2.00. The van der Waals surface area contributed by atoms with E-state index in [0.29, 0.717) is 0 Å². The van der Waals surface area contributed by atoms with Crippen molar-refractivity contribution in [3.8, 4) is 0 Å². The Morgan fingerprint density at radius 3 is 2.36 bits per heavy atom. The minimum absolute atomic E-state index is 0.948. The summed E-state index contributed by atoms with van der Waals surface area (Å²) in [5.74, 6) is -2.86. The van der Waals surface area contributed by atoms with Gasteiger partial charge in [-0.25, -0.2) is 9.18 Å². The largest absolute Gasteiger partial charge is 0.480 e. The molecule has 0 aliphatic heterocycles. The van der Waals surface area contributed by atoms with Gasteiger partial charge in [0.05, 0.1) is 7.11 Å². The standard InChI is InChI=1S/C5H8FNO4/c1-11-5(10)2(6)3(7)4(8)9/h2-3H,7H2,1H3,(H,8,9)/t2-,3+/m1/s1. The minimum Gasteiger partial charge on any atom is -0.480 e. The maximum absolute atomic E-state index is 12.5. The molecule has 0 heterocycles. The zero-order chi connectivity index (χ0) is 9.02. The van der Waals surface area contributed by atoms with E-state index in [1.165, 1.54) is 0 Å². The third kappa shape index (κ3) is 2.50. The quantitative estimate of drug-likeness (QED) is 0.518. The van der Waals surface area contributed by atoms with E-state index in [2.05, 4.69) is 4.74 Å². The fourth-order valence-corrected chi connectivity index (χ4v) is 0.384. The normalized spacial score (nSPS) is 15.2. The topological polar surface area (TPSA) is 89.6 Å². The fourth-order valence-electron chi connectivity index (χ4n) is 0.384. The summed E-state index contributed by atoms with van der Waals surface area (Å²) in [4.78, 5) is 20.3. The van der Waals surface area contributed by atoms with Gasteiger partial charge in [0.1, 0.15) is 6.04 Å². The van der Waals surface area contributed by atoms with Crippen LogP contribution in [0.5, 0.6) is 0 Å². The highest BCUT2D eigenvalue weighted by atomic mass is 19.1. The summed E-state index contributed by atoms with van der Waals surface area (Å²) in [6.07, 6.45) is -2.31. The van der Waals surface area contributed by atoms with Crippen LogP contribution in [0.4, 0.5) is 4.39 Å². The van der Waals surface area contributed by atoms with Gasteiger partial charge in [0.2, 0.25) is 6.17 Å². The maximum Gasteiger partial charge on any atom is 0.342 e. The zero-order valence-electron chi connectivity index (χ0n) is 5.78. The Morgan fingerprint density at radius 1 is 1.64 bits per heavy atom. The van der Waals surface area contributed by atoms with Crippen molar-refractivity contribution in [2.45, 2.75) is 12.2 Å². The number of ether oxygens (including phenoxy) is 1. The van der Waals surface area contributed by atoms with Gasteiger partial charge in [-0.3, -0.25) is 4.79 Å². The smallest absolute Gasteiger partial charge is 0.342 e. The summed E-state index contributed by atoms with van der Waals surface area (Å²) in [5, 5.41) is 8.12. The van der Waals surface area contributed by atoms with E-state index in [-0.39, 0.29) is 0 Å². The Kier molecular flexibility index (Phi) is 3.46. The van der Waals surface area contributed by atoms with Crippen molar-refractivity contribution < 1.29 is 23.8 Å². The molecule has 5 nitrogen and oxygen atoms in total. The highest BCUT2D eigenvalue weighted by Crippen LogP contribution is 1.98. The summed E-state index contributed by atoms with van der Waals surface area (Å²) in [5.41, 5.74) is 4.76. The van der Waals surface area contributed by atoms with Crippen LogP contribution in [-0.2, 0) is 14.3 Å². The van der Waals surface area contributed by atoms with Crippen LogP contribution in [0.2, 0.25) is 0 Å². The van der Waals surface area contributed by atoms with Crippen molar-refractivity contribution >= 4 is 11.9 Å². The Balaban J connectivity index is 4.12. The molecule has 0 radical (unpaired) electrons. The molecular weight excluding hydrogens is 157 g/mol. The second kappa shape index (κ2) is 3.87. The van der Waals surface area contributed by atoms with E-state index >= 15 is 0 Å². The number of carboxylic acid groups (broad SMARTS) is 1. The van der Waals surface area contributed by atoms with Crippen LogP contribution in [0.15, 0.2) is 0 Å². The number of hydrogen-bond acceptors (Lipinski definition) is 4. The van der Waals surface area contributed by atoms with E-state index < -0.39 is 24.2 Å². The van der Waals surface area contributed by atoms with Gasteiger partial charge in [0.25, 0.3) is 0 Å². The summed E-state index contributed by atoms with van der Waals surface area (Å²) >= 11 is 0. The SMILES string of the molecule is COC(=O)[C@H](F)[C@H](N)C(=O)O. The van der Waals surface area contributed by atoms with E-state index in [0.717, 1.165) is 7.11 Å². The molecule has 0 spiro atoms. The molecule has 0 bridgehead atoms. The van der Waals surface area contributed by atoms with Crippen LogP contribution in [-0.4, -0.2) is 36.4 Å². The maximum atomic E-state index is 12.5. The molecule has 3 N–H and O–H groups in total. The monoisotopic (exact) mass is 165 g/mol. The molecule has 6 heteroatoms. The molecule has 0 amide bonds. The van der Waals surface area contributed by atoms with Crippen molar-refractivity contribution in [1.82, 2.24) is 0 Å². The highest BCUT2D eigenvalue weighted by Gasteiger charge is 2.31. The number of nitrogens with two attached hydrogens (primary N) is 1. The molecule has 64 valence electrons. The molecule has 0 saturated heterocycles. The average molecular weight is 165 g/mol. The lowest BCUT2D eigenvalue weighted by Crippen LogP contribution is -2.44. The van der Waals surface area contributed by atoms with Crippen molar-refractivity contribution in [2.24, 2.45) is 5.73 Å². The van der Waals surface area contributed by atoms with Crippen LogP contribution < -0.4 is 5.73 Å². The van der Waals surface area contributed by atoms with Gasteiger partial charge < -0.3 is 15.6 Å². The van der Waals surface area contributed by atoms with Gasteiger partial charge >= 0.3 is 11.9 Å². The first-order chi connectivity index (χ1) is 5.00. The van der Waals surface area contributed by atoms with Crippen LogP contribution in [0, 0.1) is 0 Å². The fraction of sp³-hybridized carbons (Fsp3) is 0.600. The van der Waals surface area contributed by atoms with Crippen LogP contribution in [0.25, 0.3) is 0 Å². The molecule has 0 aromatic rings. The number of carboxylic acids is 1. The number of hydrogen-bond donors (Lipinski definition) is 2. The number of rotatable bonds is 3. The molecular formula is C5H8FNO4. The first kappa shape index (κ1) is 9.83. The molecule has 0 aromatic carbocycles. The minimum atomic E-state index is -2.31. The number of carbonyl (C=O) groups is 2. The number of alkyl halides is 1. The van der Waals surface area contributed by atoms with Gasteiger partial charge in [-0.15, -0.1) is 0 Å². The molecule has 0 rings (SSSR count). The summed E-state index contributed by atoms with van der Waals surface area (Å²) in [6.45, 7) is 0.